The summed E-state index contributed by atoms with van der Waals surface area (Å²) in [6.45, 7) is 0.842. The van der Waals surface area contributed by atoms with Crippen LogP contribution in [0.15, 0.2) is 24.7 Å². The molecule has 0 atom stereocenters. The van der Waals surface area contributed by atoms with Crippen LogP contribution in [-0.2, 0) is 13.0 Å². The molecule has 0 bridgehead atoms. The number of nitrogens with zero attached hydrogens (tertiary/aromatic N) is 3. The van der Waals surface area contributed by atoms with Crippen LogP contribution in [0, 0.1) is 0 Å². The summed E-state index contributed by atoms with van der Waals surface area (Å²) in [6, 6.07) is 1.90. The molecule has 0 saturated heterocycles. The first kappa shape index (κ1) is 7.85. The Balaban J connectivity index is 1.93. The lowest BCUT2D eigenvalue weighted by atomic mass is 10.3. The highest BCUT2D eigenvalue weighted by Gasteiger charge is 1.97. The lowest BCUT2D eigenvalue weighted by molar-refractivity contribution is 0.610. The van der Waals surface area contributed by atoms with Crippen molar-refractivity contribution in [2.75, 3.05) is 5.73 Å². The molecule has 0 spiro atoms. The monoisotopic (exact) mass is 177 g/mol. The van der Waals surface area contributed by atoms with Gasteiger partial charge in [0.1, 0.15) is 0 Å². The summed E-state index contributed by atoms with van der Waals surface area (Å²) >= 11 is 0. The summed E-state index contributed by atoms with van der Waals surface area (Å²) < 4.78 is 1.87. The Morgan fingerprint density at radius 3 is 3.08 bits per heavy atom. The molecule has 0 unspecified atom stereocenters. The van der Waals surface area contributed by atoms with E-state index in [2.05, 4.69) is 15.1 Å². The van der Waals surface area contributed by atoms with Gasteiger partial charge >= 0.3 is 0 Å². The van der Waals surface area contributed by atoms with Crippen molar-refractivity contribution in [2.45, 2.75) is 13.0 Å². The number of aromatic nitrogens is 4. The zero-order valence-corrected chi connectivity index (χ0v) is 7.14. The van der Waals surface area contributed by atoms with E-state index in [9.17, 15) is 0 Å². The minimum absolute atomic E-state index is 0.468. The van der Waals surface area contributed by atoms with E-state index in [1.165, 1.54) is 0 Å². The molecule has 0 amide bonds. The third-order valence-electron chi connectivity index (χ3n) is 1.82. The average molecular weight is 177 g/mol. The van der Waals surface area contributed by atoms with E-state index in [1.807, 2.05) is 16.9 Å². The summed E-state index contributed by atoms with van der Waals surface area (Å²) in [6.07, 6.45) is 6.31. The summed E-state index contributed by atoms with van der Waals surface area (Å²) in [5.74, 6) is 0.468. The number of rotatable bonds is 3. The van der Waals surface area contributed by atoms with E-state index in [0.717, 1.165) is 18.7 Å². The van der Waals surface area contributed by atoms with E-state index in [4.69, 9.17) is 5.73 Å². The topological polar surface area (TPSA) is 72.5 Å². The lowest BCUT2D eigenvalue weighted by Gasteiger charge is -1.97. The number of nitrogens with one attached hydrogen (secondary N) is 1. The second kappa shape index (κ2) is 3.30. The fraction of sp³-hybridized carbons (Fsp3) is 0.250. The number of hydrogen-bond acceptors (Lipinski definition) is 3. The van der Waals surface area contributed by atoms with Gasteiger partial charge in [0.15, 0.2) is 5.95 Å². The SMILES string of the molecule is Nc1ncc(CCn2cccn2)[nH]1. The number of aromatic amines is 1. The molecule has 2 rings (SSSR count). The highest BCUT2D eigenvalue weighted by molar-refractivity contribution is 5.18. The lowest BCUT2D eigenvalue weighted by Crippen LogP contribution is -2.01. The predicted octanol–water partition coefficient (Wildman–Crippen LogP) is 0.431. The fourth-order valence-corrected chi connectivity index (χ4v) is 1.17. The minimum Gasteiger partial charge on any atom is -0.369 e. The number of nitrogen functional groups attached to an aromatic ring is 1. The van der Waals surface area contributed by atoms with E-state index in [1.54, 1.807) is 12.4 Å². The molecular weight excluding hydrogens is 166 g/mol. The van der Waals surface area contributed by atoms with E-state index in [-0.39, 0.29) is 0 Å². The van der Waals surface area contributed by atoms with Crippen LogP contribution in [0.4, 0.5) is 5.95 Å². The Labute approximate surface area is 75.6 Å². The van der Waals surface area contributed by atoms with E-state index < -0.39 is 0 Å². The number of H-pyrrole nitrogens is 1. The number of imidazole rings is 1. The first-order valence-corrected chi connectivity index (χ1v) is 4.11. The first-order chi connectivity index (χ1) is 6.34. The molecule has 0 fully saturated rings. The number of nitrogens with two attached hydrogens (primary N) is 1. The van der Waals surface area contributed by atoms with Crippen LogP contribution in [0.1, 0.15) is 5.69 Å². The maximum absolute atomic E-state index is 5.44. The van der Waals surface area contributed by atoms with Crippen molar-refractivity contribution in [3.8, 4) is 0 Å². The van der Waals surface area contributed by atoms with Gasteiger partial charge < -0.3 is 10.7 Å². The Hall–Kier alpha value is -1.78. The molecule has 13 heavy (non-hydrogen) atoms. The van der Waals surface area contributed by atoms with Gasteiger partial charge in [0.2, 0.25) is 0 Å². The van der Waals surface area contributed by atoms with Gasteiger partial charge in [-0.2, -0.15) is 5.10 Å². The number of hydrogen-bond donors (Lipinski definition) is 2. The standard InChI is InChI=1S/C8H11N5/c9-8-10-6-7(12-8)2-5-13-4-1-3-11-13/h1,3-4,6H,2,5H2,(H3,9,10,12). The Bertz CT molecular complexity index is 362. The maximum Gasteiger partial charge on any atom is 0.197 e. The van der Waals surface area contributed by atoms with Crippen LogP contribution in [0.25, 0.3) is 0 Å². The molecule has 0 aliphatic heterocycles. The van der Waals surface area contributed by atoms with Gasteiger partial charge in [-0.3, -0.25) is 4.68 Å². The van der Waals surface area contributed by atoms with E-state index in [0.29, 0.717) is 5.95 Å². The molecular formula is C8H11N5. The van der Waals surface area contributed by atoms with Gasteiger partial charge in [-0.05, 0) is 6.07 Å². The fourth-order valence-electron chi connectivity index (χ4n) is 1.17. The normalized spacial score (nSPS) is 10.5. The molecule has 5 nitrogen and oxygen atoms in total. The molecule has 0 aliphatic rings. The second-order valence-electron chi connectivity index (χ2n) is 2.81. The van der Waals surface area contributed by atoms with Crippen molar-refractivity contribution in [2.24, 2.45) is 0 Å². The average Bonchev–Trinajstić information content (AvgIpc) is 2.71. The zero-order valence-electron chi connectivity index (χ0n) is 7.14. The highest BCUT2D eigenvalue weighted by atomic mass is 15.3. The summed E-state index contributed by atoms with van der Waals surface area (Å²) in [5, 5.41) is 4.09. The summed E-state index contributed by atoms with van der Waals surface area (Å²) in [7, 11) is 0. The number of anilines is 1. The molecule has 0 aliphatic carbocycles. The van der Waals surface area contributed by atoms with Crippen LogP contribution >= 0.6 is 0 Å². The Morgan fingerprint density at radius 2 is 2.46 bits per heavy atom. The zero-order chi connectivity index (χ0) is 9.10. The number of aryl methyl sites for hydroxylation is 2. The van der Waals surface area contributed by atoms with Crippen LogP contribution in [0.2, 0.25) is 0 Å². The smallest absolute Gasteiger partial charge is 0.197 e. The van der Waals surface area contributed by atoms with Crippen LogP contribution in [0.3, 0.4) is 0 Å². The van der Waals surface area contributed by atoms with Gasteiger partial charge in [0, 0.05) is 31.1 Å². The molecule has 2 aromatic heterocycles. The van der Waals surface area contributed by atoms with Crippen molar-refractivity contribution < 1.29 is 0 Å². The van der Waals surface area contributed by atoms with Crippen molar-refractivity contribution in [1.29, 1.82) is 0 Å². The summed E-state index contributed by atoms with van der Waals surface area (Å²) in [4.78, 5) is 6.87. The third kappa shape index (κ3) is 1.87. The Kier molecular flexibility index (Phi) is 1.99. The van der Waals surface area contributed by atoms with Gasteiger partial charge in [0.25, 0.3) is 0 Å². The van der Waals surface area contributed by atoms with Crippen molar-refractivity contribution in [3.63, 3.8) is 0 Å². The third-order valence-corrected chi connectivity index (χ3v) is 1.82. The first-order valence-electron chi connectivity index (χ1n) is 4.11. The van der Waals surface area contributed by atoms with Crippen molar-refractivity contribution in [3.05, 3.63) is 30.4 Å². The van der Waals surface area contributed by atoms with Gasteiger partial charge in [-0.25, -0.2) is 4.98 Å². The Morgan fingerprint density at radius 1 is 1.54 bits per heavy atom. The molecule has 0 aromatic carbocycles. The molecule has 68 valence electrons. The molecule has 2 heterocycles. The molecule has 0 saturated carbocycles. The minimum atomic E-state index is 0.468. The quantitative estimate of drug-likeness (QED) is 0.714. The van der Waals surface area contributed by atoms with Gasteiger partial charge in [-0.15, -0.1) is 0 Å². The largest absolute Gasteiger partial charge is 0.369 e. The van der Waals surface area contributed by atoms with Crippen LogP contribution in [-0.4, -0.2) is 19.7 Å². The predicted molar refractivity (Wildman–Crippen MR) is 48.9 cm³/mol. The van der Waals surface area contributed by atoms with Gasteiger partial charge in [0.05, 0.1) is 6.20 Å². The molecule has 0 radical (unpaired) electrons. The molecule has 2 aromatic rings. The molecule has 5 heteroatoms. The second-order valence-corrected chi connectivity index (χ2v) is 2.81. The summed E-state index contributed by atoms with van der Waals surface area (Å²) in [5.41, 5.74) is 6.47. The maximum atomic E-state index is 5.44. The van der Waals surface area contributed by atoms with Crippen LogP contribution in [0.5, 0.6) is 0 Å². The van der Waals surface area contributed by atoms with Gasteiger partial charge in [-0.1, -0.05) is 0 Å². The van der Waals surface area contributed by atoms with Crippen molar-refractivity contribution in [1.82, 2.24) is 19.7 Å². The van der Waals surface area contributed by atoms with Crippen molar-refractivity contribution >= 4 is 5.95 Å². The highest BCUT2D eigenvalue weighted by Crippen LogP contribution is 2.00. The van der Waals surface area contributed by atoms with E-state index >= 15 is 0 Å². The molecule has 3 N–H and O–H groups in total. The van der Waals surface area contributed by atoms with Crippen LogP contribution < -0.4 is 5.73 Å².